The summed E-state index contributed by atoms with van der Waals surface area (Å²) in [6.45, 7) is 21.5. The van der Waals surface area contributed by atoms with Gasteiger partial charge in [0, 0.05) is 10.1 Å². The molecule has 0 amide bonds. The smallest absolute Gasteiger partial charge is 0.131 e. The van der Waals surface area contributed by atoms with E-state index in [9.17, 15) is 4.39 Å². The lowest BCUT2D eigenvalue weighted by atomic mass is 10.1. The Bertz CT molecular complexity index is 384. The number of rotatable bonds is 5. The lowest BCUT2D eigenvalue weighted by Crippen LogP contribution is -1.85. The van der Waals surface area contributed by atoms with Crippen molar-refractivity contribution in [3.8, 4) is 0 Å². The molecule has 0 radical (unpaired) electrons. The van der Waals surface area contributed by atoms with Gasteiger partial charge in [0.25, 0.3) is 0 Å². The second-order valence-electron chi connectivity index (χ2n) is 4.34. The van der Waals surface area contributed by atoms with Crippen molar-refractivity contribution >= 4 is 15.9 Å². The van der Waals surface area contributed by atoms with Crippen LogP contribution in [0.4, 0.5) is 4.39 Å². The molecule has 0 aromatic carbocycles. The summed E-state index contributed by atoms with van der Waals surface area (Å²) < 4.78 is 14.0. The normalized spacial score (nSPS) is 11.8. The maximum absolute atomic E-state index is 13.5. The summed E-state index contributed by atoms with van der Waals surface area (Å²) in [6.07, 6.45) is 7.42. The fraction of sp³-hybridized carbons (Fsp3) is 0.474. The van der Waals surface area contributed by atoms with Crippen molar-refractivity contribution in [3.63, 3.8) is 0 Å². The molecule has 0 fully saturated rings. The zero-order valence-electron chi connectivity index (χ0n) is 14.8. The van der Waals surface area contributed by atoms with Crippen molar-refractivity contribution in [3.05, 3.63) is 58.4 Å². The fourth-order valence-electron chi connectivity index (χ4n) is 0.899. The summed E-state index contributed by atoms with van der Waals surface area (Å²) in [5, 5.41) is 0. The quantitative estimate of drug-likeness (QED) is 0.436. The molecule has 0 aliphatic heterocycles. The van der Waals surface area contributed by atoms with Crippen LogP contribution >= 0.6 is 15.9 Å². The molecule has 0 aromatic heterocycles. The molecule has 0 bridgehead atoms. The van der Waals surface area contributed by atoms with E-state index in [4.69, 9.17) is 0 Å². The van der Waals surface area contributed by atoms with Gasteiger partial charge in [-0.1, -0.05) is 87.9 Å². The molecule has 122 valence electrons. The number of halogens is 2. The molecule has 0 nitrogen and oxygen atoms in total. The van der Waals surface area contributed by atoms with Gasteiger partial charge in [0.2, 0.25) is 0 Å². The molecule has 0 atom stereocenters. The summed E-state index contributed by atoms with van der Waals surface area (Å²) in [5.74, 6) is -0.363. The van der Waals surface area contributed by atoms with Gasteiger partial charge in [-0.15, -0.1) is 0 Å². The van der Waals surface area contributed by atoms with Gasteiger partial charge in [0.05, 0.1) is 0 Å². The summed E-state index contributed by atoms with van der Waals surface area (Å²) in [5.41, 5.74) is 2.46. The van der Waals surface area contributed by atoms with E-state index in [0.717, 1.165) is 12.0 Å². The topological polar surface area (TPSA) is 0 Å². The van der Waals surface area contributed by atoms with Crippen LogP contribution in [0.1, 0.15) is 61.3 Å². The summed E-state index contributed by atoms with van der Waals surface area (Å²) in [6, 6.07) is 0. The SMILES string of the molecule is C=C(Br)/C=C(/F)C(=C)/C(C)=C/C=C(\C)CC.CC.CCC. The molecule has 0 spiro atoms. The van der Waals surface area contributed by atoms with Gasteiger partial charge in [0.1, 0.15) is 5.83 Å². The predicted molar refractivity (Wildman–Crippen MR) is 102 cm³/mol. The maximum Gasteiger partial charge on any atom is 0.131 e. The van der Waals surface area contributed by atoms with E-state index in [1.54, 1.807) is 0 Å². The summed E-state index contributed by atoms with van der Waals surface area (Å²) in [7, 11) is 0. The van der Waals surface area contributed by atoms with E-state index >= 15 is 0 Å². The van der Waals surface area contributed by atoms with E-state index < -0.39 is 0 Å². The van der Waals surface area contributed by atoms with Gasteiger partial charge in [-0.2, -0.15) is 0 Å². The molecule has 0 unspecified atom stereocenters. The first-order valence-corrected chi connectivity index (χ1v) is 8.34. The lowest BCUT2D eigenvalue weighted by Gasteiger charge is -2.02. The molecular formula is C19H32BrF. The van der Waals surface area contributed by atoms with E-state index in [1.807, 2.05) is 39.8 Å². The molecule has 0 heterocycles. The van der Waals surface area contributed by atoms with E-state index in [0.29, 0.717) is 10.1 Å². The van der Waals surface area contributed by atoms with Gasteiger partial charge >= 0.3 is 0 Å². The molecule has 21 heavy (non-hydrogen) atoms. The molecule has 0 rings (SSSR count). The van der Waals surface area contributed by atoms with Crippen LogP contribution in [0, 0.1) is 0 Å². The largest absolute Gasteiger partial charge is 0.206 e. The minimum absolute atomic E-state index is 0.363. The highest BCUT2D eigenvalue weighted by Gasteiger charge is 2.03. The van der Waals surface area contributed by atoms with Gasteiger partial charge in [-0.25, -0.2) is 4.39 Å². The van der Waals surface area contributed by atoms with E-state index in [2.05, 4.69) is 49.9 Å². The Balaban J connectivity index is -0.000000569. The Morgan fingerprint density at radius 2 is 1.48 bits per heavy atom. The average Bonchev–Trinajstić information content (AvgIpc) is 2.45. The lowest BCUT2D eigenvalue weighted by molar-refractivity contribution is 0.655. The first-order chi connectivity index (χ1) is 9.79. The maximum atomic E-state index is 13.5. The second kappa shape index (κ2) is 17.2. The van der Waals surface area contributed by atoms with Crippen molar-refractivity contribution in [2.75, 3.05) is 0 Å². The molecule has 0 aliphatic rings. The molecule has 0 aliphatic carbocycles. The van der Waals surface area contributed by atoms with Crippen LogP contribution in [0.3, 0.4) is 0 Å². The van der Waals surface area contributed by atoms with Crippen LogP contribution in [0.15, 0.2) is 58.4 Å². The zero-order valence-corrected chi connectivity index (χ0v) is 16.4. The van der Waals surface area contributed by atoms with Crippen LogP contribution < -0.4 is 0 Å². The standard InChI is InChI=1S/C14H18BrF.C3H8.C2H6/c1-6-10(2)7-8-11(3)13(5)14(16)9-12(4)15;1-3-2;1-2/h7-9H,4-6H2,1-3H3;3H2,1-2H3;1-2H3/b10-7+,11-8+,14-9+;;. The van der Waals surface area contributed by atoms with Crippen molar-refractivity contribution in [2.45, 2.75) is 61.3 Å². The van der Waals surface area contributed by atoms with Crippen molar-refractivity contribution in [1.29, 1.82) is 0 Å². The van der Waals surface area contributed by atoms with Crippen molar-refractivity contribution in [1.82, 2.24) is 0 Å². The Morgan fingerprint density at radius 1 is 1.05 bits per heavy atom. The Labute approximate surface area is 140 Å². The van der Waals surface area contributed by atoms with Gasteiger partial charge < -0.3 is 0 Å². The molecular weight excluding hydrogens is 327 g/mol. The predicted octanol–water partition coefficient (Wildman–Crippen LogP) is 8.05. The molecule has 0 saturated heterocycles. The molecule has 2 heteroatoms. The van der Waals surface area contributed by atoms with Crippen LogP contribution in [0.25, 0.3) is 0 Å². The van der Waals surface area contributed by atoms with Crippen molar-refractivity contribution in [2.24, 2.45) is 0 Å². The van der Waals surface area contributed by atoms with Crippen LogP contribution in [-0.4, -0.2) is 0 Å². The number of hydrogen-bond donors (Lipinski definition) is 0. The third-order valence-electron chi connectivity index (χ3n) is 2.22. The highest BCUT2D eigenvalue weighted by atomic mass is 79.9. The monoisotopic (exact) mass is 358 g/mol. The minimum atomic E-state index is -0.363. The van der Waals surface area contributed by atoms with Crippen LogP contribution in [0.5, 0.6) is 0 Å². The molecule has 0 saturated carbocycles. The highest BCUT2D eigenvalue weighted by molar-refractivity contribution is 9.11. The number of hydrogen-bond acceptors (Lipinski definition) is 0. The average molecular weight is 359 g/mol. The second-order valence-corrected chi connectivity index (χ2v) is 5.36. The third-order valence-corrected chi connectivity index (χ3v) is 2.45. The summed E-state index contributed by atoms with van der Waals surface area (Å²) in [4.78, 5) is 0. The van der Waals surface area contributed by atoms with Crippen LogP contribution in [0.2, 0.25) is 0 Å². The van der Waals surface area contributed by atoms with Crippen LogP contribution in [-0.2, 0) is 0 Å². The van der Waals surface area contributed by atoms with Gasteiger partial charge in [0.15, 0.2) is 0 Å². The fourth-order valence-corrected chi connectivity index (χ4v) is 1.10. The molecule has 0 N–H and O–H groups in total. The first kappa shape index (κ1) is 25.1. The molecule has 0 aromatic rings. The minimum Gasteiger partial charge on any atom is -0.206 e. The Morgan fingerprint density at radius 3 is 1.81 bits per heavy atom. The Kier molecular flexibility index (Phi) is 20.5. The zero-order chi connectivity index (χ0) is 17.4. The van der Waals surface area contributed by atoms with E-state index in [-0.39, 0.29) is 5.83 Å². The highest BCUT2D eigenvalue weighted by Crippen LogP contribution is 2.21. The van der Waals surface area contributed by atoms with Gasteiger partial charge in [-0.05, 0) is 31.9 Å². The first-order valence-electron chi connectivity index (χ1n) is 7.55. The van der Waals surface area contributed by atoms with Crippen molar-refractivity contribution < 1.29 is 4.39 Å². The number of allylic oxidation sites excluding steroid dienone is 8. The van der Waals surface area contributed by atoms with Gasteiger partial charge in [-0.3, -0.25) is 0 Å². The summed E-state index contributed by atoms with van der Waals surface area (Å²) >= 11 is 3.08. The Hall–Kier alpha value is -0.890. The third kappa shape index (κ3) is 17.1. The van der Waals surface area contributed by atoms with E-state index in [1.165, 1.54) is 18.1 Å².